The molecule has 1 aromatic rings. The van der Waals surface area contributed by atoms with Crippen LogP contribution in [0.4, 0.5) is 13.2 Å². The largest absolute Gasteiger partial charge is 0.480 e. The van der Waals surface area contributed by atoms with Crippen molar-refractivity contribution < 1.29 is 23.1 Å². The van der Waals surface area contributed by atoms with Crippen molar-refractivity contribution in [2.24, 2.45) is 7.05 Å². The smallest absolute Gasteiger partial charge is 0.433 e. The summed E-state index contributed by atoms with van der Waals surface area (Å²) in [6.07, 6.45) is -2.70. The van der Waals surface area contributed by atoms with E-state index in [2.05, 4.69) is 5.10 Å². The Morgan fingerprint density at radius 3 is 2.63 bits per heavy atom. The Hall–Kier alpha value is -1.57. The van der Waals surface area contributed by atoms with E-state index in [1.165, 1.54) is 11.9 Å². The van der Waals surface area contributed by atoms with Crippen molar-refractivity contribution in [1.29, 1.82) is 0 Å². The first kappa shape index (κ1) is 15.5. The highest BCUT2D eigenvalue weighted by Gasteiger charge is 2.37. The first-order valence-corrected chi connectivity index (χ1v) is 5.78. The summed E-state index contributed by atoms with van der Waals surface area (Å²) in [5, 5.41) is 12.3. The van der Waals surface area contributed by atoms with Gasteiger partial charge in [0.15, 0.2) is 0 Å². The van der Waals surface area contributed by atoms with Gasteiger partial charge in [0, 0.05) is 19.2 Å². The van der Waals surface area contributed by atoms with Crippen LogP contribution in [0.15, 0.2) is 6.20 Å². The predicted molar refractivity (Wildman–Crippen MR) is 61.4 cm³/mol. The van der Waals surface area contributed by atoms with E-state index < -0.39 is 17.8 Å². The number of carbonyl (C=O) groups is 1. The van der Waals surface area contributed by atoms with E-state index in [-0.39, 0.29) is 18.7 Å². The second-order valence-electron chi connectivity index (χ2n) is 4.24. The number of carboxylic acid groups (broad SMARTS) is 1. The normalized spacial score (nSPS) is 12.1. The maximum Gasteiger partial charge on any atom is 0.433 e. The predicted octanol–water partition coefficient (Wildman–Crippen LogP) is 1.74. The molecule has 0 saturated carbocycles. The van der Waals surface area contributed by atoms with E-state index in [0.717, 1.165) is 10.9 Å². The number of carboxylic acids is 1. The zero-order chi connectivity index (χ0) is 14.6. The average Bonchev–Trinajstić information content (AvgIpc) is 2.58. The lowest BCUT2D eigenvalue weighted by atomic mass is 10.2. The molecule has 0 amide bonds. The first-order chi connectivity index (χ1) is 8.75. The molecule has 1 aromatic heterocycles. The van der Waals surface area contributed by atoms with Gasteiger partial charge in [0.25, 0.3) is 0 Å². The van der Waals surface area contributed by atoms with Crippen LogP contribution in [0.2, 0.25) is 0 Å². The highest BCUT2D eigenvalue weighted by Crippen LogP contribution is 2.32. The van der Waals surface area contributed by atoms with Gasteiger partial charge in [-0.05, 0) is 13.0 Å². The monoisotopic (exact) mass is 279 g/mol. The summed E-state index contributed by atoms with van der Waals surface area (Å²) < 4.78 is 39.3. The Morgan fingerprint density at radius 2 is 2.16 bits per heavy atom. The van der Waals surface area contributed by atoms with Gasteiger partial charge in [-0.25, -0.2) is 0 Å². The third-order valence-corrected chi connectivity index (χ3v) is 2.58. The van der Waals surface area contributed by atoms with Gasteiger partial charge in [-0.2, -0.15) is 18.3 Å². The van der Waals surface area contributed by atoms with Gasteiger partial charge in [-0.3, -0.25) is 14.4 Å². The van der Waals surface area contributed by atoms with Gasteiger partial charge in [0.1, 0.15) is 5.69 Å². The van der Waals surface area contributed by atoms with E-state index in [1.54, 1.807) is 0 Å². The Kier molecular flexibility index (Phi) is 4.93. The summed E-state index contributed by atoms with van der Waals surface area (Å²) in [5.74, 6) is -1.06. The van der Waals surface area contributed by atoms with Gasteiger partial charge in [-0.15, -0.1) is 0 Å². The second kappa shape index (κ2) is 6.05. The van der Waals surface area contributed by atoms with Crippen LogP contribution in [0, 0.1) is 0 Å². The van der Waals surface area contributed by atoms with Crippen LogP contribution >= 0.6 is 0 Å². The summed E-state index contributed by atoms with van der Waals surface area (Å²) in [6, 6.07) is 0. The van der Waals surface area contributed by atoms with E-state index >= 15 is 0 Å². The topological polar surface area (TPSA) is 58.4 Å². The van der Waals surface area contributed by atoms with Crippen LogP contribution in [-0.2, 0) is 24.6 Å². The molecular formula is C11H16F3N3O2. The fraction of sp³-hybridized carbons (Fsp3) is 0.636. The third kappa shape index (κ3) is 4.23. The minimum atomic E-state index is -4.50. The molecule has 19 heavy (non-hydrogen) atoms. The molecule has 0 aliphatic heterocycles. The molecule has 108 valence electrons. The maximum absolute atomic E-state index is 12.8. The number of aliphatic carboxylic acids is 1. The molecule has 8 heteroatoms. The van der Waals surface area contributed by atoms with Crippen LogP contribution in [0.25, 0.3) is 0 Å². The Labute approximate surface area is 108 Å². The third-order valence-electron chi connectivity index (χ3n) is 2.58. The molecule has 1 rings (SSSR count). The number of alkyl halides is 3. The molecule has 1 N–H and O–H groups in total. The molecular weight excluding hydrogens is 263 g/mol. The van der Waals surface area contributed by atoms with Crippen LogP contribution in [0.1, 0.15) is 24.6 Å². The second-order valence-corrected chi connectivity index (χ2v) is 4.24. The minimum Gasteiger partial charge on any atom is -0.480 e. The fourth-order valence-corrected chi connectivity index (χ4v) is 1.93. The lowest BCUT2D eigenvalue weighted by Gasteiger charge is -2.20. The van der Waals surface area contributed by atoms with Crippen molar-refractivity contribution in [3.8, 4) is 0 Å². The minimum absolute atomic E-state index is 0.00954. The molecule has 0 unspecified atom stereocenters. The van der Waals surface area contributed by atoms with Gasteiger partial charge in [0.2, 0.25) is 0 Å². The first-order valence-electron chi connectivity index (χ1n) is 5.78. The van der Waals surface area contributed by atoms with Crippen molar-refractivity contribution >= 4 is 5.97 Å². The lowest BCUT2D eigenvalue weighted by molar-refractivity contribution is -0.144. The summed E-state index contributed by atoms with van der Waals surface area (Å²) in [7, 11) is 1.22. The number of rotatable bonds is 6. The van der Waals surface area contributed by atoms with Crippen LogP contribution in [0.3, 0.4) is 0 Å². The van der Waals surface area contributed by atoms with E-state index in [0.29, 0.717) is 13.0 Å². The zero-order valence-electron chi connectivity index (χ0n) is 10.7. The van der Waals surface area contributed by atoms with Crippen molar-refractivity contribution in [3.05, 3.63) is 17.5 Å². The highest BCUT2D eigenvalue weighted by atomic mass is 19.4. The van der Waals surface area contributed by atoms with Crippen molar-refractivity contribution in [3.63, 3.8) is 0 Å². The quantitative estimate of drug-likeness (QED) is 0.861. The van der Waals surface area contributed by atoms with Crippen LogP contribution in [0.5, 0.6) is 0 Å². The van der Waals surface area contributed by atoms with Crippen LogP contribution in [-0.4, -0.2) is 38.8 Å². The number of aryl methyl sites for hydroxylation is 1. The van der Waals surface area contributed by atoms with Gasteiger partial charge >= 0.3 is 12.1 Å². The molecule has 0 saturated heterocycles. The molecule has 1 heterocycles. The molecule has 0 spiro atoms. The molecule has 0 aliphatic rings. The molecule has 0 aliphatic carbocycles. The molecule has 0 radical (unpaired) electrons. The summed E-state index contributed by atoms with van der Waals surface area (Å²) in [5.41, 5.74) is -0.844. The van der Waals surface area contributed by atoms with E-state index in [4.69, 9.17) is 5.11 Å². The van der Waals surface area contributed by atoms with Crippen LogP contribution < -0.4 is 0 Å². The zero-order valence-corrected chi connectivity index (χ0v) is 10.7. The summed E-state index contributed by atoms with van der Waals surface area (Å²) >= 11 is 0. The molecule has 5 nitrogen and oxygen atoms in total. The van der Waals surface area contributed by atoms with Gasteiger partial charge in [-0.1, -0.05) is 6.92 Å². The molecule has 0 bridgehead atoms. The van der Waals surface area contributed by atoms with Crippen molar-refractivity contribution in [1.82, 2.24) is 14.7 Å². The summed E-state index contributed by atoms with van der Waals surface area (Å²) in [6.45, 7) is 1.88. The number of hydrogen-bond donors (Lipinski definition) is 1. The number of aromatic nitrogens is 2. The standard InChI is InChI=1S/C11H16F3N3O2/c1-3-4-17(7-9(18)19)6-8-5-15-16(2)10(8)11(12,13)14/h5H,3-4,6-7H2,1-2H3,(H,18,19). The average molecular weight is 279 g/mol. The Bertz CT molecular complexity index is 443. The van der Waals surface area contributed by atoms with Gasteiger partial charge in [0.05, 0.1) is 12.7 Å². The maximum atomic E-state index is 12.8. The molecule has 0 fully saturated rings. The van der Waals surface area contributed by atoms with E-state index in [1.807, 2.05) is 6.92 Å². The van der Waals surface area contributed by atoms with Crippen molar-refractivity contribution in [2.45, 2.75) is 26.1 Å². The number of hydrogen-bond acceptors (Lipinski definition) is 3. The molecule has 0 aromatic carbocycles. The van der Waals surface area contributed by atoms with Crippen molar-refractivity contribution in [2.75, 3.05) is 13.1 Å². The lowest BCUT2D eigenvalue weighted by Crippen LogP contribution is -2.31. The Morgan fingerprint density at radius 1 is 1.53 bits per heavy atom. The van der Waals surface area contributed by atoms with Gasteiger partial charge < -0.3 is 5.11 Å². The highest BCUT2D eigenvalue weighted by molar-refractivity contribution is 5.69. The van der Waals surface area contributed by atoms with E-state index in [9.17, 15) is 18.0 Å². The SMILES string of the molecule is CCCN(CC(=O)O)Cc1cnn(C)c1C(F)(F)F. The molecule has 0 atom stereocenters. The summed E-state index contributed by atoms with van der Waals surface area (Å²) in [4.78, 5) is 12.1. The Balaban J connectivity index is 2.93. The fourth-order valence-electron chi connectivity index (χ4n) is 1.93. The number of nitrogens with zero attached hydrogens (tertiary/aromatic N) is 3. The number of halogens is 3.